The molecule has 2 aromatic carbocycles. The van der Waals surface area contributed by atoms with Crippen molar-refractivity contribution >= 4 is 34.9 Å². The molecule has 1 N–H and O–H groups in total. The summed E-state index contributed by atoms with van der Waals surface area (Å²) >= 11 is 6.02. The molecular formula is C18H17ClN2O3. The number of nitrogens with zero attached hydrogens (tertiary/aromatic N) is 1. The van der Waals surface area contributed by atoms with Gasteiger partial charge in [0.25, 0.3) is 0 Å². The maximum atomic E-state index is 12.4. The lowest BCUT2D eigenvalue weighted by Crippen LogP contribution is -2.41. The maximum Gasteiger partial charge on any atom is 0.331 e. The number of aryl methyl sites for hydroxylation is 2. The number of anilines is 2. The molecule has 6 heteroatoms. The molecule has 0 saturated carbocycles. The summed E-state index contributed by atoms with van der Waals surface area (Å²) in [6.07, 6.45) is 0. The maximum absolute atomic E-state index is 12.4. The minimum absolute atomic E-state index is 0.00746. The van der Waals surface area contributed by atoms with Gasteiger partial charge in [0.15, 0.2) is 5.75 Å². The van der Waals surface area contributed by atoms with Crippen LogP contribution in [0.15, 0.2) is 36.4 Å². The van der Waals surface area contributed by atoms with Gasteiger partial charge >= 0.3 is 5.97 Å². The van der Waals surface area contributed by atoms with Crippen LogP contribution in [0.2, 0.25) is 5.02 Å². The molecule has 0 radical (unpaired) electrons. The Morgan fingerprint density at radius 2 is 1.96 bits per heavy atom. The topological polar surface area (TPSA) is 58.6 Å². The van der Waals surface area contributed by atoms with Crippen molar-refractivity contribution < 1.29 is 14.3 Å². The molecular weight excluding hydrogens is 328 g/mol. The van der Waals surface area contributed by atoms with E-state index in [0.717, 1.165) is 16.8 Å². The van der Waals surface area contributed by atoms with Crippen LogP contribution in [0.3, 0.4) is 0 Å². The van der Waals surface area contributed by atoms with Gasteiger partial charge in [0.2, 0.25) is 5.91 Å². The SMILES string of the molecule is Cc1cccc(C)c1NC(=O)CN1CC(=O)Oc2ccc(Cl)cc21. The number of para-hydroxylation sites is 1. The van der Waals surface area contributed by atoms with E-state index in [-0.39, 0.29) is 19.0 Å². The second-order valence-electron chi connectivity index (χ2n) is 5.76. The van der Waals surface area contributed by atoms with E-state index in [1.165, 1.54) is 0 Å². The summed E-state index contributed by atoms with van der Waals surface area (Å²) in [4.78, 5) is 25.9. The number of carbonyl (C=O) groups is 2. The van der Waals surface area contributed by atoms with E-state index in [4.69, 9.17) is 16.3 Å². The highest BCUT2D eigenvalue weighted by Gasteiger charge is 2.26. The van der Waals surface area contributed by atoms with Crippen molar-refractivity contribution in [2.45, 2.75) is 13.8 Å². The minimum atomic E-state index is -0.398. The predicted molar refractivity (Wildman–Crippen MR) is 93.8 cm³/mol. The van der Waals surface area contributed by atoms with E-state index < -0.39 is 5.97 Å². The van der Waals surface area contributed by atoms with Crippen LogP contribution in [0.25, 0.3) is 0 Å². The van der Waals surface area contributed by atoms with Crippen LogP contribution < -0.4 is 15.0 Å². The van der Waals surface area contributed by atoms with Crippen LogP contribution in [-0.4, -0.2) is 25.0 Å². The molecule has 124 valence electrons. The normalized spacial score (nSPS) is 13.3. The molecule has 0 spiro atoms. The largest absolute Gasteiger partial charge is 0.423 e. The van der Waals surface area contributed by atoms with Gasteiger partial charge in [-0.3, -0.25) is 4.79 Å². The molecule has 5 nitrogen and oxygen atoms in total. The van der Waals surface area contributed by atoms with E-state index >= 15 is 0 Å². The van der Waals surface area contributed by atoms with Gasteiger partial charge in [-0.2, -0.15) is 0 Å². The van der Waals surface area contributed by atoms with Crippen molar-refractivity contribution in [1.82, 2.24) is 0 Å². The number of carbonyl (C=O) groups excluding carboxylic acids is 2. The van der Waals surface area contributed by atoms with Crippen molar-refractivity contribution in [3.63, 3.8) is 0 Å². The van der Waals surface area contributed by atoms with Crippen LogP contribution >= 0.6 is 11.6 Å². The molecule has 0 unspecified atom stereocenters. The molecule has 0 aromatic heterocycles. The zero-order valence-electron chi connectivity index (χ0n) is 13.4. The van der Waals surface area contributed by atoms with Gasteiger partial charge in [0.05, 0.1) is 12.2 Å². The highest BCUT2D eigenvalue weighted by molar-refractivity contribution is 6.31. The van der Waals surface area contributed by atoms with Crippen molar-refractivity contribution in [3.05, 3.63) is 52.5 Å². The number of ether oxygens (including phenoxy) is 1. The molecule has 0 fully saturated rings. The van der Waals surface area contributed by atoms with Gasteiger partial charge < -0.3 is 15.0 Å². The highest BCUT2D eigenvalue weighted by Crippen LogP contribution is 2.34. The first kappa shape index (κ1) is 16.3. The third-order valence-electron chi connectivity index (χ3n) is 3.89. The zero-order valence-corrected chi connectivity index (χ0v) is 14.2. The number of benzene rings is 2. The molecule has 1 heterocycles. The Balaban J connectivity index is 1.80. The van der Waals surface area contributed by atoms with Crippen LogP contribution in [0.4, 0.5) is 11.4 Å². The summed E-state index contributed by atoms with van der Waals surface area (Å²) in [5.41, 5.74) is 3.42. The third kappa shape index (κ3) is 3.36. The quantitative estimate of drug-likeness (QED) is 0.685. The van der Waals surface area contributed by atoms with Crippen molar-refractivity contribution in [2.75, 3.05) is 23.3 Å². The smallest absolute Gasteiger partial charge is 0.331 e. The molecule has 24 heavy (non-hydrogen) atoms. The summed E-state index contributed by atoms with van der Waals surface area (Å²) in [6.45, 7) is 3.93. The van der Waals surface area contributed by atoms with E-state index in [9.17, 15) is 9.59 Å². The van der Waals surface area contributed by atoms with Gasteiger partial charge in [-0.15, -0.1) is 0 Å². The van der Waals surface area contributed by atoms with Crippen molar-refractivity contribution in [2.24, 2.45) is 0 Å². The van der Waals surface area contributed by atoms with Crippen LogP contribution in [0.1, 0.15) is 11.1 Å². The molecule has 1 aliphatic heterocycles. The first-order valence-corrected chi connectivity index (χ1v) is 7.93. The van der Waals surface area contributed by atoms with Gasteiger partial charge in [-0.25, -0.2) is 4.79 Å². The summed E-state index contributed by atoms with van der Waals surface area (Å²) < 4.78 is 5.18. The number of halogens is 1. The van der Waals surface area contributed by atoms with Crippen molar-refractivity contribution in [1.29, 1.82) is 0 Å². The Labute approximate surface area is 145 Å². The second-order valence-corrected chi connectivity index (χ2v) is 6.19. The number of hydrogen-bond donors (Lipinski definition) is 1. The first-order chi connectivity index (χ1) is 11.4. The standard InChI is InChI=1S/C18H17ClN2O3/c1-11-4-3-5-12(2)18(11)20-16(22)9-21-10-17(23)24-15-7-6-13(19)8-14(15)21/h3-8H,9-10H2,1-2H3,(H,20,22). The van der Waals surface area contributed by atoms with E-state index in [1.54, 1.807) is 23.1 Å². The summed E-state index contributed by atoms with van der Waals surface area (Å²) in [5, 5.41) is 3.44. The zero-order chi connectivity index (χ0) is 17.3. The molecule has 1 amide bonds. The second kappa shape index (κ2) is 6.53. The lowest BCUT2D eigenvalue weighted by molar-refractivity contribution is -0.133. The van der Waals surface area contributed by atoms with Gasteiger partial charge in [0, 0.05) is 10.7 Å². The van der Waals surface area contributed by atoms with Gasteiger partial charge in [-0.05, 0) is 43.2 Å². The average Bonchev–Trinajstić information content (AvgIpc) is 2.52. The number of fused-ring (bicyclic) bond motifs is 1. The van der Waals surface area contributed by atoms with E-state index in [0.29, 0.717) is 16.5 Å². The Kier molecular flexibility index (Phi) is 4.44. The molecule has 0 aliphatic carbocycles. The summed E-state index contributed by atoms with van der Waals surface area (Å²) in [5.74, 6) is -0.187. The Bertz CT molecular complexity index is 800. The third-order valence-corrected chi connectivity index (χ3v) is 4.12. The van der Waals surface area contributed by atoms with Gasteiger partial charge in [0.1, 0.15) is 6.54 Å². The molecule has 0 bridgehead atoms. The Morgan fingerprint density at radius 3 is 2.67 bits per heavy atom. The average molecular weight is 345 g/mol. The predicted octanol–water partition coefficient (Wildman–Crippen LogP) is 3.32. The Morgan fingerprint density at radius 1 is 1.25 bits per heavy atom. The summed E-state index contributed by atoms with van der Waals surface area (Å²) in [7, 11) is 0. The molecule has 1 aliphatic rings. The molecule has 3 rings (SSSR count). The van der Waals surface area contributed by atoms with Crippen LogP contribution in [0.5, 0.6) is 5.75 Å². The monoisotopic (exact) mass is 344 g/mol. The van der Waals surface area contributed by atoms with Crippen LogP contribution in [0, 0.1) is 13.8 Å². The number of hydrogen-bond acceptors (Lipinski definition) is 4. The minimum Gasteiger partial charge on any atom is -0.423 e. The Hall–Kier alpha value is -2.53. The highest BCUT2D eigenvalue weighted by atomic mass is 35.5. The lowest BCUT2D eigenvalue weighted by atomic mass is 10.1. The van der Waals surface area contributed by atoms with Crippen molar-refractivity contribution in [3.8, 4) is 5.75 Å². The number of rotatable bonds is 3. The fourth-order valence-corrected chi connectivity index (χ4v) is 2.89. The first-order valence-electron chi connectivity index (χ1n) is 7.55. The van der Waals surface area contributed by atoms with E-state index in [2.05, 4.69) is 5.32 Å². The van der Waals surface area contributed by atoms with Gasteiger partial charge in [-0.1, -0.05) is 29.8 Å². The molecule has 0 saturated heterocycles. The van der Waals surface area contributed by atoms with E-state index in [1.807, 2.05) is 32.0 Å². The van der Waals surface area contributed by atoms with Crippen LogP contribution in [-0.2, 0) is 9.59 Å². The number of esters is 1. The molecule has 2 aromatic rings. The lowest BCUT2D eigenvalue weighted by Gasteiger charge is -2.29. The summed E-state index contributed by atoms with van der Waals surface area (Å²) in [6, 6.07) is 10.8. The fraction of sp³-hybridized carbons (Fsp3) is 0.222. The number of nitrogens with one attached hydrogen (secondary N) is 1. The fourth-order valence-electron chi connectivity index (χ4n) is 2.72. The molecule has 0 atom stereocenters. The number of amides is 1.